The molecule has 0 spiro atoms. The maximum atomic E-state index is 13.8. The molecule has 3 saturated heterocycles. The minimum absolute atomic E-state index is 0.00788. The summed E-state index contributed by atoms with van der Waals surface area (Å²) in [4.78, 5) is 64.2. The van der Waals surface area contributed by atoms with Crippen LogP contribution in [0.3, 0.4) is 0 Å². The Morgan fingerprint density at radius 2 is 0.674 bits per heavy atom. The molecule has 3 heterocycles. The lowest BCUT2D eigenvalue weighted by atomic mass is 9.78. The highest BCUT2D eigenvalue weighted by Crippen LogP contribution is 2.39. The van der Waals surface area contributed by atoms with Gasteiger partial charge in [-0.15, -0.1) is 6.42 Å². The third kappa shape index (κ3) is 35.4. The van der Waals surface area contributed by atoms with Crippen molar-refractivity contribution in [3.05, 3.63) is 0 Å². The molecule has 0 aromatic heterocycles. The van der Waals surface area contributed by atoms with Crippen LogP contribution in [0.4, 0.5) is 0 Å². The van der Waals surface area contributed by atoms with Crippen molar-refractivity contribution in [2.24, 2.45) is 58.7 Å². The molecular formula is C71H128N4O20. The largest absolute Gasteiger partial charge is 0.380 e. The molecule has 6 unspecified atom stereocenters. The van der Waals surface area contributed by atoms with Gasteiger partial charge in [-0.05, 0) is 73.5 Å². The Morgan fingerprint density at radius 3 is 0.989 bits per heavy atom. The monoisotopic (exact) mass is 1360 g/mol. The highest BCUT2D eigenvalue weighted by molar-refractivity contribution is 5.92. The number of nitrogens with one attached hydrogen (secondary N) is 4. The molecule has 4 amide bonds. The molecule has 15 atom stereocenters. The predicted molar refractivity (Wildman–Crippen MR) is 360 cm³/mol. The van der Waals surface area contributed by atoms with Gasteiger partial charge in [0.15, 0.2) is 18.9 Å². The Labute approximate surface area is 570 Å². The fourth-order valence-electron chi connectivity index (χ4n) is 12.1. The van der Waals surface area contributed by atoms with Crippen LogP contribution >= 0.6 is 0 Å². The first-order valence-electron chi connectivity index (χ1n) is 35.9. The molecule has 95 heavy (non-hydrogen) atoms. The molecule has 24 nitrogen and oxygen atoms in total. The van der Waals surface area contributed by atoms with E-state index in [1.165, 1.54) is 0 Å². The Morgan fingerprint density at radius 1 is 0.358 bits per heavy atom. The lowest BCUT2D eigenvalue weighted by Crippen LogP contribution is -2.45. The molecule has 24 heteroatoms. The first-order chi connectivity index (χ1) is 45.8. The Hall–Kier alpha value is -3.49. The number of carbonyl (C=O) groups is 5. The van der Waals surface area contributed by atoms with Crippen molar-refractivity contribution in [2.75, 3.05) is 165 Å². The Balaban J connectivity index is 1.47. The van der Waals surface area contributed by atoms with Crippen molar-refractivity contribution in [2.45, 2.75) is 191 Å². The average Bonchev–Trinajstić information content (AvgIpc) is 0.859. The summed E-state index contributed by atoms with van der Waals surface area (Å²) in [7, 11) is 0. The van der Waals surface area contributed by atoms with E-state index in [1.54, 1.807) is 0 Å². The summed E-state index contributed by atoms with van der Waals surface area (Å²) in [6, 6.07) is 0. The van der Waals surface area contributed by atoms with Crippen molar-refractivity contribution in [3.63, 3.8) is 0 Å². The smallest absolute Gasteiger partial charge is 0.295 e. The fourth-order valence-corrected chi connectivity index (χ4v) is 12.1. The topological polar surface area (TPSA) is 272 Å². The Kier molecular flexibility index (Phi) is 46.6. The van der Waals surface area contributed by atoms with Crippen LogP contribution < -0.4 is 21.3 Å². The molecule has 0 radical (unpaired) electrons. The van der Waals surface area contributed by atoms with Gasteiger partial charge in [0.25, 0.3) is 5.91 Å². The van der Waals surface area contributed by atoms with Crippen LogP contribution in [-0.2, 0) is 95.0 Å². The number of carbonyl (C=O) groups excluding carboxylic acids is 5. The maximum absolute atomic E-state index is 13.8. The van der Waals surface area contributed by atoms with Crippen molar-refractivity contribution in [3.8, 4) is 12.3 Å². The van der Waals surface area contributed by atoms with Crippen LogP contribution in [0.1, 0.15) is 154 Å². The zero-order valence-electron chi connectivity index (χ0n) is 60.4. The highest BCUT2D eigenvalue weighted by Gasteiger charge is 2.41. The fraction of sp³-hybridized carbons (Fsp3) is 0.901. The summed E-state index contributed by atoms with van der Waals surface area (Å²) < 4.78 is 89.5. The molecule has 0 aromatic carbocycles. The molecule has 4 N–H and O–H groups in total. The van der Waals surface area contributed by atoms with E-state index >= 15 is 0 Å². The summed E-state index contributed by atoms with van der Waals surface area (Å²) in [5.41, 5.74) is -1.06. The molecule has 552 valence electrons. The van der Waals surface area contributed by atoms with Crippen molar-refractivity contribution < 1.29 is 95.0 Å². The van der Waals surface area contributed by atoms with Crippen LogP contribution in [0.25, 0.3) is 0 Å². The van der Waals surface area contributed by atoms with Gasteiger partial charge in [0.05, 0.1) is 157 Å². The van der Waals surface area contributed by atoms with Gasteiger partial charge in [-0.3, -0.25) is 24.0 Å². The summed E-state index contributed by atoms with van der Waals surface area (Å²) in [5, 5.41) is 11.2. The van der Waals surface area contributed by atoms with Crippen LogP contribution in [0.15, 0.2) is 0 Å². The quantitative estimate of drug-likeness (QED) is 0.0349. The Bertz CT molecular complexity index is 1900. The molecule has 3 aliphatic heterocycles. The van der Waals surface area contributed by atoms with Gasteiger partial charge in [0, 0.05) is 81.5 Å². The summed E-state index contributed by atoms with van der Waals surface area (Å²) in [6.45, 7) is 33.2. The van der Waals surface area contributed by atoms with E-state index in [9.17, 15) is 24.0 Å². The zero-order valence-corrected chi connectivity index (χ0v) is 60.4. The summed E-state index contributed by atoms with van der Waals surface area (Å²) in [5.74, 6) is 4.52. The number of unbranched alkanes of at least 4 members (excludes halogenated alkanes) is 2. The normalized spacial score (nSPS) is 26.7. The molecule has 3 fully saturated rings. The maximum Gasteiger partial charge on any atom is 0.295 e. The third-order valence-electron chi connectivity index (χ3n) is 19.3. The van der Waals surface area contributed by atoms with Gasteiger partial charge in [-0.25, -0.2) is 0 Å². The molecule has 0 aliphatic carbocycles. The molecule has 3 aliphatic rings. The van der Waals surface area contributed by atoms with E-state index in [4.69, 9.17) is 77.5 Å². The van der Waals surface area contributed by atoms with Crippen LogP contribution in [0, 0.1) is 71.0 Å². The van der Waals surface area contributed by atoms with Crippen molar-refractivity contribution >= 4 is 29.4 Å². The van der Waals surface area contributed by atoms with Crippen LogP contribution in [0.5, 0.6) is 0 Å². The lowest BCUT2D eigenvalue weighted by molar-refractivity contribution is -0.251. The highest BCUT2D eigenvalue weighted by atomic mass is 16.7. The number of hydrogen-bond acceptors (Lipinski definition) is 20. The standard InChI is InChI=1S/C71H128N4O20/c1-14-61-54(8)51(5)57(11)68(93-61)90-44-41-84-38-35-81-32-26-73-65(78)22-29-87-48-71(47-60(76)21-19-18-20-25-72-64(77)17-4,49-88-30-23-66(79)74-27-33-82-36-39-85-42-45-91-69-58(12)52(6)55(9)62(15-2)94-69)50-89-31-24-67(80)75-28-34-83-37-40-86-43-46-92-70-59(13)53(7)56(10)63(16-3)95-70/h4,51-59,61-63,68-70H,14-16,18-50H2,1-3,5-13H3,(H,72,77)(H,73,78)(H,74,79)(H,75,80)/t51-,52-,53-,54+,55+,56+,57?,58?,59?,61?,62?,63?,68+,69+,70+,71?/m0/s1. The van der Waals surface area contributed by atoms with Crippen molar-refractivity contribution in [1.29, 1.82) is 0 Å². The van der Waals surface area contributed by atoms with E-state index < -0.39 is 11.3 Å². The first kappa shape index (κ1) is 85.7. The summed E-state index contributed by atoms with van der Waals surface area (Å²) >= 11 is 0. The van der Waals surface area contributed by atoms with Gasteiger partial charge in [0.2, 0.25) is 17.7 Å². The number of ether oxygens (including phenoxy) is 15. The van der Waals surface area contributed by atoms with E-state index in [-0.39, 0.29) is 190 Å². The van der Waals surface area contributed by atoms with Gasteiger partial charge in [-0.1, -0.05) is 89.5 Å². The second-order valence-electron chi connectivity index (χ2n) is 26.3. The molecule has 0 saturated carbocycles. The second kappa shape index (κ2) is 51.6. The SMILES string of the molecule is C#CC(=O)NCCCCCC(=O)CC(COCCC(=O)NCCOCCOCCO[C@@H]1OC(CC)[C@H](C)[C@H](C)C1C)(COCCC(=O)NCCOCCOCCO[C@@H]1OC(CC)[C@H](C)[C@H](C)C1C)COCCC(=O)NCCOCCOCCO[C@@H]1OC(CC)[C@H](C)[C@H](C)C1C. The van der Waals surface area contributed by atoms with Crippen molar-refractivity contribution in [1.82, 2.24) is 21.3 Å². The minimum Gasteiger partial charge on any atom is -0.380 e. The number of terminal acetylenes is 1. The first-order valence-corrected chi connectivity index (χ1v) is 35.9. The van der Waals surface area contributed by atoms with E-state index in [0.717, 1.165) is 19.3 Å². The number of rotatable bonds is 56. The molecule has 3 rings (SSSR count). The van der Waals surface area contributed by atoms with Gasteiger partial charge < -0.3 is 92.3 Å². The van der Waals surface area contributed by atoms with E-state index in [1.807, 2.05) is 5.92 Å². The molecule has 0 bridgehead atoms. The number of ketones is 1. The zero-order chi connectivity index (χ0) is 69.6. The van der Waals surface area contributed by atoms with Gasteiger partial charge in [0.1, 0.15) is 5.78 Å². The second-order valence-corrected chi connectivity index (χ2v) is 26.3. The number of Topliss-reactive ketones (excluding diaryl/α,β-unsaturated/α-hetero) is 1. The summed E-state index contributed by atoms with van der Waals surface area (Å²) in [6.07, 6.45) is 10.0. The van der Waals surface area contributed by atoms with Crippen LogP contribution in [-0.4, -0.2) is 232 Å². The number of hydrogen-bond donors (Lipinski definition) is 4. The predicted octanol–water partition coefficient (Wildman–Crippen LogP) is 7.09. The lowest BCUT2D eigenvalue weighted by Gasteiger charge is -2.43. The van der Waals surface area contributed by atoms with E-state index in [2.05, 4.69) is 104 Å². The third-order valence-corrected chi connectivity index (χ3v) is 19.3. The van der Waals surface area contributed by atoms with Crippen LogP contribution in [0.2, 0.25) is 0 Å². The average molecular weight is 1360 g/mol. The minimum atomic E-state index is -1.06. The number of amides is 4. The molecular weight excluding hydrogens is 1230 g/mol. The van der Waals surface area contributed by atoms with Gasteiger partial charge >= 0.3 is 0 Å². The molecule has 0 aromatic rings. The van der Waals surface area contributed by atoms with Gasteiger partial charge in [-0.2, -0.15) is 0 Å². The van der Waals surface area contributed by atoms with E-state index in [0.29, 0.717) is 141 Å².